The summed E-state index contributed by atoms with van der Waals surface area (Å²) in [4.78, 5) is 6.97. The van der Waals surface area contributed by atoms with E-state index in [-0.39, 0.29) is 0 Å². The number of hydrogen-bond donors (Lipinski definition) is 0. The number of pyridine rings is 1. The SMILES string of the molecule is Cn1ccc(-c2cccc(N(c3ccc4c5ccccc5n(-c5ccccn5)c4c3)c3cccc4c3Oc3ccccc3O4)c2)n1. The highest BCUT2D eigenvalue weighted by Gasteiger charge is 2.27. The Balaban J connectivity index is 1.29. The summed E-state index contributed by atoms with van der Waals surface area (Å²) in [5.41, 5.74) is 6.83. The molecule has 0 amide bonds. The van der Waals surface area contributed by atoms with E-state index in [0.717, 1.165) is 50.6 Å². The van der Waals surface area contributed by atoms with Crippen molar-refractivity contribution in [2.24, 2.45) is 7.05 Å². The summed E-state index contributed by atoms with van der Waals surface area (Å²) in [6.07, 6.45) is 3.79. The van der Waals surface area contributed by atoms with Crippen LogP contribution in [0.4, 0.5) is 17.1 Å². The van der Waals surface area contributed by atoms with Gasteiger partial charge in [0.25, 0.3) is 0 Å². The third-order valence-electron chi connectivity index (χ3n) is 8.39. The Kier molecular flexibility index (Phi) is 5.89. The first-order chi connectivity index (χ1) is 22.7. The molecular weight excluding hydrogens is 570 g/mol. The van der Waals surface area contributed by atoms with Gasteiger partial charge >= 0.3 is 0 Å². The lowest BCUT2D eigenvalue weighted by Crippen LogP contribution is -2.13. The quantitative estimate of drug-likeness (QED) is 0.198. The fourth-order valence-electron chi connectivity index (χ4n) is 6.34. The zero-order valence-corrected chi connectivity index (χ0v) is 24.9. The molecule has 5 aromatic carbocycles. The lowest BCUT2D eigenvalue weighted by Gasteiger charge is -2.30. The maximum Gasteiger partial charge on any atom is 0.194 e. The molecule has 220 valence electrons. The van der Waals surface area contributed by atoms with Crippen LogP contribution in [0.5, 0.6) is 23.0 Å². The second kappa shape index (κ2) is 10.4. The number of nitrogens with zero attached hydrogens (tertiary/aromatic N) is 5. The second-order valence-corrected chi connectivity index (χ2v) is 11.3. The van der Waals surface area contributed by atoms with Gasteiger partial charge < -0.3 is 14.4 Å². The summed E-state index contributed by atoms with van der Waals surface area (Å²) < 4.78 is 17.0. The van der Waals surface area contributed by atoms with Gasteiger partial charge in [-0.2, -0.15) is 5.10 Å². The maximum atomic E-state index is 6.58. The molecule has 46 heavy (non-hydrogen) atoms. The standard InChI is InChI=1S/C39H27N5O2/c1-42-23-21-31(41-42)26-10-8-11-27(24-26)43(33-14-9-17-37-39(33)46-36-16-5-4-15-35(36)45-37)28-19-20-30-29-12-2-3-13-32(29)44(34(30)25-28)38-18-6-7-22-40-38/h2-25H,1H3. The Bertz CT molecular complexity index is 2410. The van der Waals surface area contributed by atoms with Crippen molar-refractivity contribution in [3.63, 3.8) is 0 Å². The smallest absolute Gasteiger partial charge is 0.194 e. The fraction of sp³-hybridized carbons (Fsp3) is 0.0256. The van der Waals surface area contributed by atoms with Crippen LogP contribution < -0.4 is 14.4 Å². The number of para-hydroxylation sites is 4. The number of aromatic nitrogens is 4. The van der Waals surface area contributed by atoms with Crippen molar-refractivity contribution in [2.75, 3.05) is 4.90 Å². The normalized spacial score (nSPS) is 11.9. The lowest BCUT2D eigenvalue weighted by molar-refractivity contribution is 0.360. The van der Waals surface area contributed by atoms with Crippen LogP contribution in [0.15, 0.2) is 146 Å². The highest BCUT2D eigenvalue weighted by atomic mass is 16.6. The van der Waals surface area contributed by atoms with E-state index in [9.17, 15) is 0 Å². The lowest BCUT2D eigenvalue weighted by atomic mass is 10.1. The van der Waals surface area contributed by atoms with Gasteiger partial charge in [0.05, 0.1) is 22.4 Å². The van der Waals surface area contributed by atoms with E-state index in [4.69, 9.17) is 14.5 Å². The van der Waals surface area contributed by atoms with Crippen LogP contribution in [0.25, 0.3) is 38.9 Å². The van der Waals surface area contributed by atoms with Crippen LogP contribution in [-0.2, 0) is 7.05 Å². The van der Waals surface area contributed by atoms with Crippen molar-refractivity contribution >= 4 is 38.9 Å². The van der Waals surface area contributed by atoms with Crippen LogP contribution in [0.3, 0.4) is 0 Å². The van der Waals surface area contributed by atoms with Crippen molar-refractivity contribution < 1.29 is 9.47 Å². The van der Waals surface area contributed by atoms with Gasteiger partial charge in [-0.25, -0.2) is 4.98 Å². The molecule has 0 unspecified atom stereocenters. The Morgan fingerprint density at radius 3 is 2.22 bits per heavy atom. The molecule has 0 atom stereocenters. The van der Waals surface area contributed by atoms with E-state index in [0.29, 0.717) is 23.0 Å². The van der Waals surface area contributed by atoms with E-state index in [1.165, 1.54) is 5.39 Å². The topological polar surface area (TPSA) is 57.3 Å². The van der Waals surface area contributed by atoms with Gasteiger partial charge in [0.1, 0.15) is 5.82 Å². The van der Waals surface area contributed by atoms with Crippen LogP contribution in [0, 0.1) is 0 Å². The molecule has 0 saturated heterocycles. The first-order valence-electron chi connectivity index (χ1n) is 15.1. The largest absolute Gasteiger partial charge is 0.449 e. The maximum absolute atomic E-state index is 6.58. The van der Waals surface area contributed by atoms with Gasteiger partial charge in [-0.3, -0.25) is 9.25 Å². The Labute approximate surface area is 265 Å². The molecule has 7 heteroatoms. The molecule has 0 saturated carbocycles. The monoisotopic (exact) mass is 597 g/mol. The summed E-state index contributed by atoms with van der Waals surface area (Å²) in [6.45, 7) is 0. The molecule has 3 aromatic heterocycles. The van der Waals surface area contributed by atoms with E-state index in [1.54, 1.807) is 0 Å². The Hall–Kier alpha value is -6.34. The van der Waals surface area contributed by atoms with E-state index >= 15 is 0 Å². The minimum Gasteiger partial charge on any atom is -0.449 e. The molecule has 0 spiro atoms. The summed E-state index contributed by atoms with van der Waals surface area (Å²) in [5.74, 6) is 3.54. The van der Waals surface area contributed by atoms with E-state index in [1.807, 2.05) is 84.8 Å². The molecular formula is C39H27N5O2. The number of rotatable bonds is 5. The Morgan fingerprint density at radius 1 is 0.609 bits per heavy atom. The first kappa shape index (κ1) is 26.1. The molecule has 1 aliphatic rings. The number of anilines is 3. The van der Waals surface area contributed by atoms with Crippen LogP contribution in [-0.4, -0.2) is 19.3 Å². The third kappa shape index (κ3) is 4.21. The number of aryl methyl sites for hydroxylation is 1. The van der Waals surface area contributed by atoms with Crippen molar-refractivity contribution in [2.45, 2.75) is 0 Å². The minimum atomic E-state index is 0.648. The predicted molar refractivity (Wildman–Crippen MR) is 182 cm³/mol. The van der Waals surface area contributed by atoms with Crippen molar-refractivity contribution in [3.05, 3.63) is 146 Å². The van der Waals surface area contributed by atoms with Crippen molar-refractivity contribution in [3.8, 4) is 40.1 Å². The molecule has 1 aliphatic heterocycles. The number of fused-ring (bicyclic) bond motifs is 5. The summed E-state index contributed by atoms with van der Waals surface area (Å²) in [5, 5.41) is 6.99. The third-order valence-corrected chi connectivity index (χ3v) is 8.39. The van der Waals surface area contributed by atoms with Gasteiger partial charge in [0.15, 0.2) is 23.0 Å². The van der Waals surface area contributed by atoms with Crippen molar-refractivity contribution in [1.29, 1.82) is 0 Å². The fourth-order valence-corrected chi connectivity index (χ4v) is 6.34. The molecule has 0 fully saturated rings. The second-order valence-electron chi connectivity index (χ2n) is 11.3. The molecule has 0 aliphatic carbocycles. The molecule has 7 nitrogen and oxygen atoms in total. The highest BCUT2D eigenvalue weighted by Crippen LogP contribution is 2.52. The van der Waals surface area contributed by atoms with Gasteiger partial charge in [-0.1, -0.05) is 60.7 Å². The Morgan fingerprint density at radius 2 is 1.37 bits per heavy atom. The number of ether oxygens (including phenoxy) is 2. The average Bonchev–Trinajstić information content (AvgIpc) is 3.69. The van der Waals surface area contributed by atoms with Crippen molar-refractivity contribution in [1.82, 2.24) is 19.3 Å². The molecule has 0 radical (unpaired) electrons. The molecule has 4 heterocycles. The highest BCUT2D eigenvalue weighted by molar-refractivity contribution is 6.10. The van der Waals surface area contributed by atoms with Crippen LogP contribution in [0.1, 0.15) is 0 Å². The zero-order valence-electron chi connectivity index (χ0n) is 24.9. The van der Waals surface area contributed by atoms with Gasteiger partial charge in [0, 0.05) is 47.2 Å². The molecule has 0 N–H and O–H groups in total. The molecule has 9 rings (SSSR count). The first-order valence-corrected chi connectivity index (χ1v) is 15.1. The van der Waals surface area contributed by atoms with Gasteiger partial charge in [-0.05, 0) is 72.8 Å². The predicted octanol–water partition coefficient (Wildman–Crippen LogP) is 9.95. The van der Waals surface area contributed by atoms with Crippen LogP contribution >= 0.6 is 0 Å². The molecule has 8 aromatic rings. The summed E-state index contributed by atoms with van der Waals surface area (Å²) in [6, 6.07) is 45.3. The average molecular weight is 598 g/mol. The van der Waals surface area contributed by atoms with Gasteiger partial charge in [-0.15, -0.1) is 0 Å². The zero-order chi connectivity index (χ0) is 30.6. The molecule has 0 bridgehead atoms. The van der Waals surface area contributed by atoms with Crippen LogP contribution in [0.2, 0.25) is 0 Å². The minimum absolute atomic E-state index is 0.648. The van der Waals surface area contributed by atoms with E-state index < -0.39 is 0 Å². The van der Waals surface area contributed by atoms with Gasteiger partial charge in [0.2, 0.25) is 0 Å². The summed E-state index contributed by atoms with van der Waals surface area (Å²) >= 11 is 0. The summed E-state index contributed by atoms with van der Waals surface area (Å²) in [7, 11) is 1.93. The van der Waals surface area contributed by atoms with E-state index in [2.05, 4.69) is 87.4 Å². The number of benzene rings is 5. The number of hydrogen-bond acceptors (Lipinski definition) is 5.